The highest BCUT2D eigenvalue weighted by Crippen LogP contribution is 2.55. The van der Waals surface area contributed by atoms with Crippen molar-refractivity contribution in [2.45, 2.75) is 183 Å². The minimum Gasteiger partial charge on any atom is -0.106 e. The summed E-state index contributed by atoms with van der Waals surface area (Å²) < 4.78 is 0. The molecule has 236 valence electrons. The van der Waals surface area contributed by atoms with Gasteiger partial charge >= 0.3 is 0 Å². The largest absolute Gasteiger partial charge is 0.251 e. The van der Waals surface area contributed by atoms with Gasteiger partial charge in [0.25, 0.3) is 8.07 Å². The highest BCUT2D eigenvalue weighted by molar-refractivity contribution is 7.20. The molecule has 0 saturated carbocycles. The first-order chi connectivity index (χ1) is 19.8. The third-order valence-corrected chi connectivity index (χ3v) is 14.3. The maximum atomic E-state index is 4.34. The van der Waals surface area contributed by atoms with Gasteiger partial charge in [0.1, 0.15) is 0 Å². The Labute approximate surface area is 271 Å². The highest BCUT2D eigenvalue weighted by Gasteiger charge is 2.55. The van der Waals surface area contributed by atoms with Crippen LogP contribution in [0.25, 0.3) is 0 Å². The van der Waals surface area contributed by atoms with Gasteiger partial charge in [0.2, 0.25) is 0 Å². The smallest absolute Gasteiger partial charge is 0.106 e. The average Bonchev–Trinajstić information content (AvgIpc) is 2.83. The van der Waals surface area contributed by atoms with Crippen LogP contribution >= 0.6 is 0 Å². The second kappa shape index (κ2) is 13.0. The van der Waals surface area contributed by atoms with Crippen LogP contribution < -0.4 is 0 Å². The number of rotatable bonds is 4. The van der Waals surface area contributed by atoms with E-state index >= 15 is 0 Å². The molecular formula is C40H66B2Si. The lowest BCUT2D eigenvalue weighted by Crippen LogP contribution is -2.56. The number of hydrogen-bond acceptors (Lipinski definition) is 0. The van der Waals surface area contributed by atoms with Crippen LogP contribution in [-0.2, 0) is 0 Å². The van der Waals surface area contributed by atoms with Gasteiger partial charge in [0.05, 0.1) is 0 Å². The second-order valence-corrected chi connectivity index (χ2v) is 22.7. The van der Waals surface area contributed by atoms with Crippen molar-refractivity contribution in [3.63, 3.8) is 0 Å². The lowest BCUT2D eigenvalue weighted by molar-refractivity contribution is 0.445. The fraction of sp³-hybridized carbons (Fsp3) is 0.800. The Kier molecular flexibility index (Phi) is 10.5. The zero-order chi connectivity index (χ0) is 31.8. The quantitative estimate of drug-likeness (QED) is 0.224. The van der Waals surface area contributed by atoms with Gasteiger partial charge in [0, 0.05) is 10.8 Å². The predicted molar refractivity (Wildman–Crippen MR) is 197 cm³/mol. The Balaban J connectivity index is 2.16. The van der Waals surface area contributed by atoms with Gasteiger partial charge in [-0.1, -0.05) is 164 Å². The molecule has 4 aliphatic rings. The van der Waals surface area contributed by atoms with Crippen molar-refractivity contribution < 1.29 is 0 Å². The van der Waals surface area contributed by atoms with E-state index in [1.165, 1.54) is 77.0 Å². The predicted octanol–water partition coefficient (Wildman–Crippen LogP) is 11.9. The third kappa shape index (κ3) is 9.03. The van der Waals surface area contributed by atoms with Gasteiger partial charge in [-0.25, -0.2) is 0 Å². The first kappa shape index (κ1) is 34.8. The van der Waals surface area contributed by atoms with Crippen molar-refractivity contribution in [2.75, 3.05) is 0 Å². The standard InChI is InChI=1S/C40H66B2Si/c1-37(2,3)25-27-43(28-26-38(4,5)6,35(29-39(7,8)9)41-31-17-13-18-32(41)20-14-19-31)36(30-40(10,11)12)42-33-21-15-22-34(42)24-16-23-33/h29-34H,13-24H2,1-12H3/b35-29+,36-30?. The van der Waals surface area contributed by atoms with Crippen LogP contribution in [0.4, 0.5) is 0 Å². The maximum absolute atomic E-state index is 4.34. The molecule has 43 heavy (non-hydrogen) atoms. The molecular weight excluding hydrogens is 530 g/mol. The maximum Gasteiger partial charge on any atom is 0.251 e. The van der Waals surface area contributed by atoms with Crippen molar-refractivity contribution in [2.24, 2.45) is 21.7 Å². The van der Waals surface area contributed by atoms with Crippen molar-refractivity contribution >= 4 is 21.5 Å². The molecule has 4 rings (SSSR count). The molecule has 0 aromatic rings. The summed E-state index contributed by atoms with van der Waals surface area (Å²) in [5, 5.41) is 3.50. The van der Waals surface area contributed by atoms with E-state index in [-0.39, 0.29) is 21.7 Å². The summed E-state index contributed by atoms with van der Waals surface area (Å²) in [5.41, 5.74) is 8.78. The van der Waals surface area contributed by atoms with Crippen LogP contribution in [-0.4, -0.2) is 21.5 Å². The van der Waals surface area contributed by atoms with Crippen LogP contribution in [0.3, 0.4) is 0 Å². The molecule has 4 fully saturated rings. The number of allylic oxidation sites excluding steroid dienone is 2. The van der Waals surface area contributed by atoms with Gasteiger partial charge < -0.3 is 0 Å². The van der Waals surface area contributed by atoms with Gasteiger partial charge in [-0.2, -0.15) is 0 Å². The van der Waals surface area contributed by atoms with E-state index in [1.54, 1.807) is 10.2 Å². The molecule has 4 saturated heterocycles. The topological polar surface area (TPSA) is 0 Å². The summed E-state index contributed by atoms with van der Waals surface area (Å²) in [6.45, 7) is 29.9. The van der Waals surface area contributed by atoms with E-state index in [9.17, 15) is 0 Å². The van der Waals surface area contributed by atoms with Gasteiger partial charge in [-0.15, -0.1) is 22.9 Å². The molecule has 0 N–H and O–H groups in total. The molecule has 0 unspecified atom stereocenters. The number of hydrogen-bond donors (Lipinski definition) is 0. The third-order valence-electron chi connectivity index (χ3n) is 10.6. The van der Waals surface area contributed by atoms with Crippen LogP contribution in [0.2, 0.25) is 23.3 Å². The molecule has 4 aliphatic heterocycles. The molecule has 4 bridgehead atoms. The Hall–Kier alpha value is -1.05. The van der Waals surface area contributed by atoms with Gasteiger partial charge in [-0.05, 0) is 52.4 Å². The van der Waals surface area contributed by atoms with Crippen molar-refractivity contribution in [3.05, 3.63) is 22.3 Å². The van der Waals surface area contributed by atoms with Crippen LogP contribution in [0.5, 0.6) is 0 Å². The number of fused-ring (bicyclic) bond motifs is 4. The van der Waals surface area contributed by atoms with Crippen molar-refractivity contribution in [3.8, 4) is 22.9 Å². The first-order valence-electron chi connectivity index (χ1n) is 18.3. The SMILES string of the molecule is CC(C)(C)C#C[Si](C#CC(C)(C)C)(C(=CC(C)(C)C)B1C2CCCC1CCC2)/C(=C/C(C)(C)C)B1C2CCCC1CCC2. The molecule has 3 heteroatoms. The molecule has 0 spiro atoms. The molecule has 0 radical (unpaired) electrons. The van der Waals surface area contributed by atoms with Crippen LogP contribution in [0.1, 0.15) is 160 Å². The summed E-state index contributed by atoms with van der Waals surface area (Å²) in [6.07, 6.45) is 22.5. The van der Waals surface area contributed by atoms with Crippen molar-refractivity contribution in [1.82, 2.24) is 0 Å². The van der Waals surface area contributed by atoms with Crippen LogP contribution in [0, 0.1) is 44.6 Å². The average molecular weight is 597 g/mol. The highest BCUT2D eigenvalue weighted by atomic mass is 28.3. The summed E-state index contributed by atoms with van der Waals surface area (Å²) in [5.74, 6) is 11.2. The van der Waals surface area contributed by atoms with Gasteiger partial charge in [0.15, 0.2) is 13.4 Å². The summed E-state index contributed by atoms with van der Waals surface area (Å²) in [4.78, 5) is 0. The summed E-state index contributed by atoms with van der Waals surface area (Å²) in [6, 6.07) is 0. The Morgan fingerprint density at radius 2 is 0.744 bits per heavy atom. The lowest BCUT2D eigenvalue weighted by Gasteiger charge is -2.49. The van der Waals surface area contributed by atoms with E-state index in [2.05, 4.69) is 118 Å². The fourth-order valence-electron chi connectivity index (χ4n) is 9.26. The molecule has 0 atom stereocenters. The van der Waals surface area contributed by atoms with Crippen molar-refractivity contribution in [1.29, 1.82) is 0 Å². The Bertz CT molecular complexity index is 1030. The van der Waals surface area contributed by atoms with Crippen LogP contribution in [0.15, 0.2) is 22.3 Å². The minimum atomic E-state index is -2.80. The van der Waals surface area contributed by atoms with E-state index in [0.717, 1.165) is 23.3 Å². The molecule has 0 aliphatic carbocycles. The Morgan fingerprint density at radius 1 is 0.488 bits per heavy atom. The molecule has 0 amide bonds. The minimum absolute atomic E-state index is 0.0494. The van der Waals surface area contributed by atoms with Gasteiger partial charge in [-0.3, -0.25) is 0 Å². The fourth-order valence-corrected chi connectivity index (χ4v) is 14.6. The molecule has 0 nitrogen and oxygen atoms in total. The molecule has 0 aromatic heterocycles. The lowest BCUT2D eigenvalue weighted by atomic mass is 9.26. The van der Waals surface area contributed by atoms with E-state index in [0.29, 0.717) is 13.4 Å². The summed E-state index contributed by atoms with van der Waals surface area (Å²) in [7, 11) is -2.80. The van der Waals surface area contributed by atoms with E-state index in [4.69, 9.17) is 0 Å². The zero-order valence-electron chi connectivity index (χ0n) is 30.6. The zero-order valence-corrected chi connectivity index (χ0v) is 31.6. The Morgan fingerprint density at radius 3 is 0.953 bits per heavy atom. The summed E-state index contributed by atoms with van der Waals surface area (Å²) >= 11 is 0. The van der Waals surface area contributed by atoms with E-state index < -0.39 is 8.07 Å². The van der Waals surface area contributed by atoms with E-state index in [1.807, 2.05) is 0 Å². The monoisotopic (exact) mass is 597 g/mol. The second-order valence-electron chi connectivity index (χ2n) is 19.5. The molecule has 4 heterocycles. The first-order valence-corrected chi connectivity index (χ1v) is 20.3. The normalized spacial score (nSPS) is 27.6. The molecule has 0 aromatic carbocycles.